The average molecular weight is 310 g/mol. The van der Waals surface area contributed by atoms with Gasteiger partial charge in [-0.2, -0.15) is 0 Å². The lowest BCUT2D eigenvalue weighted by Gasteiger charge is -2.48. The van der Waals surface area contributed by atoms with Crippen LogP contribution in [0.5, 0.6) is 0 Å². The van der Waals surface area contributed by atoms with Crippen molar-refractivity contribution in [3.05, 3.63) is 0 Å². The zero-order valence-electron chi connectivity index (χ0n) is 8.81. The second-order valence-corrected chi connectivity index (χ2v) is 7.70. The van der Waals surface area contributed by atoms with Crippen LogP contribution in [0.25, 0.3) is 0 Å². The fourth-order valence-electron chi connectivity index (χ4n) is 2.23. The monoisotopic (exact) mass is 309 g/mol. The van der Waals surface area contributed by atoms with Crippen LogP contribution >= 0.6 is 27.7 Å². The Morgan fingerprint density at radius 3 is 2.62 bits per heavy atom. The Balaban J connectivity index is 2.35. The molecule has 0 aromatic heterocycles. The van der Waals surface area contributed by atoms with E-state index in [-0.39, 0.29) is 17.9 Å². The van der Waals surface area contributed by atoms with E-state index in [9.17, 15) is 14.7 Å². The maximum absolute atomic E-state index is 11.8. The van der Waals surface area contributed by atoms with E-state index in [2.05, 4.69) is 15.9 Å². The Bertz CT molecular complexity index is 375. The van der Waals surface area contributed by atoms with Crippen molar-refractivity contribution in [2.45, 2.75) is 34.3 Å². The highest BCUT2D eigenvalue weighted by Crippen LogP contribution is 2.57. The van der Waals surface area contributed by atoms with Gasteiger partial charge in [-0.05, 0) is 13.8 Å². The van der Waals surface area contributed by atoms with Gasteiger partial charge in [0, 0.05) is 4.75 Å². The number of alkyl halides is 1. The standard InChI is InChI=1S/C9H12BrNO4S/c1-8(2)4(5(13)14)11-6(15)9(10,3-12)7(11)16-8/h4,7,12H,3H2,1-2H3,(H,13,14)/t4-,7+,9+/m0/s1. The van der Waals surface area contributed by atoms with E-state index in [1.807, 2.05) is 0 Å². The molecular formula is C9H12BrNO4S. The highest BCUT2D eigenvalue weighted by Gasteiger charge is 2.70. The molecule has 2 aliphatic heterocycles. The van der Waals surface area contributed by atoms with Crippen molar-refractivity contribution in [3.8, 4) is 0 Å². The molecule has 2 N–H and O–H groups in total. The van der Waals surface area contributed by atoms with Gasteiger partial charge in [0.15, 0.2) is 4.32 Å². The number of carboxylic acids is 1. The minimum absolute atomic E-state index is 0.305. The molecule has 0 spiro atoms. The molecule has 0 saturated carbocycles. The number of aliphatic hydroxyl groups is 1. The molecule has 0 aromatic carbocycles. The fourth-order valence-corrected chi connectivity index (χ4v) is 4.55. The third-order valence-corrected chi connectivity index (χ3v) is 6.06. The van der Waals surface area contributed by atoms with E-state index in [1.165, 1.54) is 16.7 Å². The van der Waals surface area contributed by atoms with Crippen LogP contribution in [0.3, 0.4) is 0 Å². The molecule has 0 aromatic rings. The van der Waals surface area contributed by atoms with Crippen molar-refractivity contribution >= 4 is 39.6 Å². The van der Waals surface area contributed by atoms with Crippen molar-refractivity contribution in [1.82, 2.24) is 4.90 Å². The van der Waals surface area contributed by atoms with Gasteiger partial charge in [-0.1, -0.05) is 15.9 Å². The van der Waals surface area contributed by atoms with Crippen LogP contribution in [0.2, 0.25) is 0 Å². The van der Waals surface area contributed by atoms with Crippen LogP contribution in [0.1, 0.15) is 13.8 Å². The first kappa shape index (κ1) is 12.2. The first-order valence-corrected chi connectivity index (χ1v) is 6.46. The molecule has 90 valence electrons. The van der Waals surface area contributed by atoms with E-state index in [4.69, 9.17) is 5.11 Å². The molecule has 2 rings (SSSR count). The largest absolute Gasteiger partial charge is 0.480 e. The summed E-state index contributed by atoms with van der Waals surface area (Å²) in [4.78, 5) is 24.4. The molecule has 2 fully saturated rings. The van der Waals surface area contributed by atoms with Gasteiger partial charge in [0.2, 0.25) is 5.91 Å². The molecular weight excluding hydrogens is 298 g/mol. The summed E-state index contributed by atoms with van der Waals surface area (Å²) in [5, 5.41) is 18.0. The number of aliphatic hydroxyl groups excluding tert-OH is 1. The summed E-state index contributed by atoms with van der Waals surface area (Å²) < 4.78 is -1.55. The predicted octanol–water partition coefficient (Wildman–Crippen LogP) is 0.259. The zero-order chi connectivity index (χ0) is 12.3. The molecule has 7 heteroatoms. The molecule has 0 radical (unpaired) electrons. The lowest BCUT2D eigenvalue weighted by atomic mass is 9.92. The van der Waals surface area contributed by atoms with Gasteiger partial charge in [0.05, 0.1) is 6.61 Å². The first-order valence-electron chi connectivity index (χ1n) is 4.79. The number of β-lactam (4-membered cyclic amide) rings is 1. The highest BCUT2D eigenvalue weighted by molar-refractivity contribution is 9.10. The van der Waals surface area contributed by atoms with Gasteiger partial charge in [0.25, 0.3) is 0 Å². The third-order valence-electron chi connectivity index (χ3n) is 3.05. The number of hydrogen-bond acceptors (Lipinski definition) is 4. The number of halogens is 1. The summed E-state index contributed by atoms with van der Waals surface area (Å²) in [5.74, 6) is -1.34. The van der Waals surface area contributed by atoms with Gasteiger partial charge in [-0.25, -0.2) is 4.79 Å². The summed E-state index contributed by atoms with van der Waals surface area (Å²) in [6.07, 6.45) is 0. The number of fused-ring (bicyclic) bond motifs is 1. The highest BCUT2D eigenvalue weighted by atomic mass is 79.9. The lowest BCUT2D eigenvalue weighted by molar-refractivity contribution is -0.161. The molecule has 16 heavy (non-hydrogen) atoms. The average Bonchev–Trinajstić information content (AvgIpc) is 2.46. The normalized spacial score (nSPS) is 40.5. The van der Waals surface area contributed by atoms with E-state index in [0.717, 1.165) is 0 Å². The van der Waals surface area contributed by atoms with E-state index in [1.54, 1.807) is 13.8 Å². The molecule has 3 atom stereocenters. The summed E-state index contributed by atoms with van der Waals surface area (Å²) in [6.45, 7) is 3.28. The second-order valence-electron chi connectivity index (χ2n) is 4.55. The Hall–Kier alpha value is -0.270. The van der Waals surface area contributed by atoms with Gasteiger partial charge in [0.1, 0.15) is 11.4 Å². The topological polar surface area (TPSA) is 77.8 Å². The molecule has 5 nitrogen and oxygen atoms in total. The Morgan fingerprint density at radius 1 is 1.62 bits per heavy atom. The Labute approximate surface area is 105 Å². The van der Waals surface area contributed by atoms with Crippen LogP contribution in [-0.4, -0.2) is 54.1 Å². The first-order chi connectivity index (χ1) is 7.25. The molecule has 1 amide bonds. The number of hydrogen-bond donors (Lipinski definition) is 2. The number of carbonyl (C=O) groups is 2. The van der Waals surface area contributed by atoms with Gasteiger partial charge in [-0.15, -0.1) is 11.8 Å². The van der Waals surface area contributed by atoms with E-state index in [0.29, 0.717) is 0 Å². The second kappa shape index (κ2) is 3.36. The fraction of sp³-hybridized carbons (Fsp3) is 0.778. The lowest BCUT2D eigenvalue weighted by Crippen LogP contribution is -2.72. The molecule has 2 saturated heterocycles. The summed E-state index contributed by atoms with van der Waals surface area (Å²) in [6, 6.07) is -0.827. The molecule has 2 aliphatic rings. The minimum Gasteiger partial charge on any atom is -0.480 e. The Kier molecular flexibility index (Phi) is 2.56. The van der Waals surface area contributed by atoms with Crippen LogP contribution in [-0.2, 0) is 9.59 Å². The summed E-state index contributed by atoms with van der Waals surface area (Å²) in [7, 11) is 0. The maximum Gasteiger partial charge on any atom is 0.327 e. The van der Waals surface area contributed by atoms with Crippen molar-refractivity contribution in [2.75, 3.05) is 6.61 Å². The number of carbonyl (C=O) groups excluding carboxylic acids is 1. The number of aliphatic carboxylic acids is 1. The van der Waals surface area contributed by atoms with Crippen molar-refractivity contribution in [2.24, 2.45) is 0 Å². The number of carboxylic acid groups (broad SMARTS) is 1. The third kappa shape index (κ3) is 1.28. The molecule has 2 heterocycles. The molecule has 0 unspecified atom stereocenters. The van der Waals surface area contributed by atoms with Crippen molar-refractivity contribution < 1.29 is 19.8 Å². The van der Waals surface area contributed by atoms with Gasteiger partial charge >= 0.3 is 5.97 Å². The number of amides is 1. The van der Waals surface area contributed by atoms with Crippen LogP contribution in [0, 0.1) is 0 Å². The van der Waals surface area contributed by atoms with Crippen LogP contribution in [0.15, 0.2) is 0 Å². The van der Waals surface area contributed by atoms with Gasteiger partial charge in [-0.3, -0.25) is 4.79 Å². The van der Waals surface area contributed by atoms with Crippen molar-refractivity contribution in [1.29, 1.82) is 0 Å². The number of rotatable bonds is 2. The van der Waals surface area contributed by atoms with Crippen LogP contribution in [0.4, 0.5) is 0 Å². The summed E-state index contributed by atoms with van der Waals surface area (Å²) in [5.41, 5.74) is 0. The molecule has 0 aliphatic carbocycles. The number of nitrogens with zero attached hydrogens (tertiary/aromatic N) is 1. The minimum atomic E-state index is -1.00. The Morgan fingerprint density at radius 2 is 2.19 bits per heavy atom. The van der Waals surface area contributed by atoms with Crippen molar-refractivity contribution in [3.63, 3.8) is 0 Å². The number of thioether (sulfide) groups is 1. The quantitative estimate of drug-likeness (QED) is 0.565. The van der Waals surface area contributed by atoms with E-state index >= 15 is 0 Å². The van der Waals surface area contributed by atoms with E-state index < -0.39 is 21.1 Å². The maximum atomic E-state index is 11.8. The van der Waals surface area contributed by atoms with Gasteiger partial charge < -0.3 is 15.1 Å². The SMILES string of the molecule is CC1(C)S[C@H]2N(C(=O)[C@]2(Br)CO)[C@H]1C(=O)O. The summed E-state index contributed by atoms with van der Waals surface area (Å²) >= 11 is 4.62. The molecule has 0 bridgehead atoms. The van der Waals surface area contributed by atoms with Crippen LogP contribution < -0.4 is 0 Å². The predicted molar refractivity (Wildman–Crippen MR) is 62.5 cm³/mol. The zero-order valence-corrected chi connectivity index (χ0v) is 11.2. The smallest absolute Gasteiger partial charge is 0.327 e.